The topological polar surface area (TPSA) is 69.6 Å². The molecule has 178 valence electrons. The van der Waals surface area contributed by atoms with Crippen LogP contribution >= 0.6 is 0 Å². The van der Waals surface area contributed by atoms with Crippen molar-refractivity contribution in [2.75, 3.05) is 34.1 Å². The van der Waals surface area contributed by atoms with Crippen LogP contribution in [0.3, 0.4) is 0 Å². The van der Waals surface area contributed by atoms with Gasteiger partial charge < -0.3 is 28.8 Å². The van der Waals surface area contributed by atoms with Gasteiger partial charge in [0.05, 0.1) is 14.2 Å². The SMILES string of the molecule is CCN(CC)C12CCCCC1C(c1cc(O)c(OC)c(OC)c1)c1cc3c(cc1O2)OCO3. The van der Waals surface area contributed by atoms with Gasteiger partial charge in [-0.2, -0.15) is 0 Å². The molecule has 3 atom stereocenters. The molecule has 0 spiro atoms. The zero-order valence-corrected chi connectivity index (χ0v) is 19.8. The first kappa shape index (κ1) is 22.0. The minimum absolute atomic E-state index is 0.00476. The van der Waals surface area contributed by atoms with Crippen LogP contribution in [0.2, 0.25) is 0 Å². The highest BCUT2D eigenvalue weighted by Gasteiger charge is 2.54. The first-order valence-corrected chi connectivity index (χ1v) is 11.9. The van der Waals surface area contributed by atoms with Crippen LogP contribution < -0.4 is 23.7 Å². The second kappa shape index (κ2) is 8.52. The number of benzene rings is 2. The highest BCUT2D eigenvalue weighted by Crippen LogP contribution is 2.58. The number of ether oxygens (including phenoxy) is 5. The Morgan fingerprint density at radius 1 is 1.00 bits per heavy atom. The lowest BCUT2D eigenvalue weighted by molar-refractivity contribution is -0.159. The van der Waals surface area contributed by atoms with Crippen LogP contribution in [0.1, 0.15) is 56.6 Å². The molecule has 0 saturated heterocycles. The minimum Gasteiger partial charge on any atom is -0.504 e. The molecule has 2 aliphatic heterocycles. The fraction of sp³-hybridized carbons (Fsp3) is 0.538. The second-order valence-electron chi connectivity index (χ2n) is 8.97. The second-order valence-corrected chi connectivity index (χ2v) is 8.97. The highest BCUT2D eigenvalue weighted by atomic mass is 16.7. The predicted octanol–water partition coefficient (Wildman–Crippen LogP) is 4.89. The van der Waals surface area contributed by atoms with Gasteiger partial charge in [-0.15, -0.1) is 0 Å². The maximum atomic E-state index is 10.8. The van der Waals surface area contributed by atoms with Gasteiger partial charge in [0.2, 0.25) is 12.5 Å². The zero-order chi connectivity index (χ0) is 23.2. The summed E-state index contributed by atoms with van der Waals surface area (Å²) < 4.78 is 29.3. The molecule has 3 unspecified atom stereocenters. The summed E-state index contributed by atoms with van der Waals surface area (Å²) in [6.45, 7) is 6.40. The molecule has 7 nitrogen and oxygen atoms in total. The van der Waals surface area contributed by atoms with E-state index in [1.165, 1.54) is 7.11 Å². The van der Waals surface area contributed by atoms with Crippen molar-refractivity contribution in [3.05, 3.63) is 35.4 Å². The van der Waals surface area contributed by atoms with Crippen molar-refractivity contribution < 1.29 is 28.8 Å². The Kier molecular flexibility index (Phi) is 5.69. The van der Waals surface area contributed by atoms with E-state index in [0.717, 1.165) is 61.4 Å². The number of methoxy groups -OCH3 is 2. The summed E-state index contributed by atoms with van der Waals surface area (Å²) in [5.74, 6) is 3.41. The van der Waals surface area contributed by atoms with Crippen molar-refractivity contribution >= 4 is 0 Å². The van der Waals surface area contributed by atoms with E-state index in [9.17, 15) is 5.11 Å². The van der Waals surface area contributed by atoms with Crippen LogP contribution in [-0.2, 0) is 0 Å². The lowest BCUT2D eigenvalue weighted by atomic mass is 9.66. The Balaban J connectivity index is 1.74. The third-order valence-corrected chi connectivity index (χ3v) is 7.55. The molecule has 2 aromatic rings. The van der Waals surface area contributed by atoms with E-state index in [2.05, 4.69) is 24.8 Å². The third kappa shape index (κ3) is 3.36. The summed E-state index contributed by atoms with van der Waals surface area (Å²) in [4.78, 5) is 2.46. The molecule has 3 aliphatic rings. The summed E-state index contributed by atoms with van der Waals surface area (Å²) in [6, 6.07) is 7.83. The third-order valence-electron chi connectivity index (χ3n) is 7.55. The summed E-state index contributed by atoms with van der Waals surface area (Å²) in [7, 11) is 3.13. The van der Waals surface area contributed by atoms with Crippen LogP contribution in [0.4, 0.5) is 0 Å². The van der Waals surface area contributed by atoms with E-state index in [1.54, 1.807) is 7.11 Å². The zero-order valence-electron chi connectivity index (χ0n) is 19.8. The van der Waals surface area contributed by atoms with Crippen molar-refractivity contribution in [3.63, 3.8) is 0 Å². The van der Waals surface area contributed by atoms with Crippen molar-refractivity contribution in [2.45, 2.75) is 51.2 Å². The summed E-state index contributed by atoms with van der Waals surface area (Å²) in [5, 5.41) is 10.8. The molecule has 0 bridgehead atoms. The Bertz CT molecular complexity index is 1040. The molecule has 0 amide bonds. The summed E-state index contributed by atoms with van der Waals surface area (Å²) >= 11 is 0. The van der Waals surface area contributed by atoms with Gasteiger partial charge in [-0.3, -0.25) is 4.90 Å². The Labute approximate surface area is 195 Å². The molecule has 2 aromatic carbocycles. The largest absolute Gasteiger partial charge is 0.504 e. The maximum Gasteiger partial charge on any atom is 0.231 e. The van der Waals surface area contributed by atoms with E-state index < -0.39 is 5.72 Å². The summed E-state index contributed by atoms with van der Waals surface area (Å²) in [5.41, 5.74) is 1.62. The molecule has 1 N–H and O–H groups in total. The van der Waals surface area contributed by atoms with Crippen molar-refractivity contribution in [1.82, 2.24) is 4.90 Å². The lowest BCUT2D eigenvalue weighted by Crippen LogP contribution is -2.62. The minimum atomic E-state index is -0.421. The number of hydrogen-bond donors (Lipinski definition) is 1. The fourth-order valence-corrected chi connectivity index (χ4v) is 6.16. The van der Waals surface area contributed by atoms with Gasteiger partial charge in [0.15, 0.2) is 28.7 Å². The lowest BCUT2D eigenvalue weighted by Gasteiger charge is -2.56. The van der Waals surface area contributed by atoms with E-state index in [-0.39, 0.29) is 24.4 Å². The molecule has 5 rings (SSSR count). The van der Waals surface area contributed by atoms with Gasteiger partial charge in [0.1, 0.15) is 5.75 Å². The van der Waals surface area contributed by atoms with Crippen molar-refractivity contribution in [1.29, 1.82) is 0 Å². The number of fused-ring (bicyclic) bond motifs is 3. The average molecular weight is 456 g/mol. The van der Waals surface area contributed by atoms with Gasteiger partial charge in [0.25, 0.3) is 0 Å². The number of rotatable bonds is 6. The van der Waals surface area contributed by atoms with Gasteiger partial charge in [0, 0.05) is 29.9 Å². The van der Waals surface area contributed by atoms with Crippen LogP contribution in [-0.4, -0.2) is 49.8 Å². The molecule has 7 heteroatoms. The van der Waals surface area contributed by atoms with Gasteiger partial charge in [-0.05, 0) is 49.7 Å². The molecule has 0 aromatic heterocycles. The smallest absolute Gasteiger partial charge is 0.231 e. The molecule has 33 heavy (non-hydrogen) atoms. The quantitative estimate of drug-likeness (QED) is 0.665. The van der Waals surface area contributed by atoms with E-state index in [0.29, 0.717) is 17.2 Å². The number of nitrogens with zero attached hydrogens (tertiary/aromatic N) is 1. The predicted molar refractivity (Wildman–Crippen MR) is 124 cm³/mol. The molecular weight excluding hydrogens is 422 g/mol. The number of phenolic OH excluding ortho intramolecular Hbond substituents is 1. The average Bonchev–Trinajstić information content (AvgIpc) is 3.28. The summed E-state index contributed by atoms with van der Waals surface area (Å²) in [6.07, 6.45) is 4.26. The van der Waals surface area contributed by atoms with E-state index >= 15 is 0 Å². The Morgan fingerprint density at radius 3 is 2.45 bits per heavy atom. The normalized spacial score (nSPS) is 25.2. The number of aromatic hydroxyl groups is 1. The van der Waals surface area contributed by atoms with E-state index in [4.69, 9.17) is 23.7 Å². The highest BCUT2D eigenvalue weighted by molar-refractivity contribution is 5.60. The van der Waals surface area contributed by atoms with Crippen LogP contribution in [0.25, 0.3) is 0 Å². The Morgan fingerprint density at radius 2 is 1.76 bits per heavy atom. The Hall–Kier alpha value is -2.80. The number of phenols is 1. The fourth-order valence-electron chi connectivity index (χ4n) is 6.16. The van der Waals surface area contributed by atoms with Crippen LogP contribution in [0.15, 0.2) is 24.3 Å². The molecule has 1 aliphatic carbocycles. The molecule has 0 radical (unpaired) electrons. The van der Waals surface area contributed by atoms with Crippen LogP contribution in [0.5, 0.6) is 34.5 Å². The molecule has 2 heterocycles. The van der Waals surface area contributed by atoms with Crippen molar-refractivity contribution in [2.24, 2.45) is 5.92 Å². The standard InChI is InChI=1S/C26H33NO6/c1-5-27(6-2)26-10-8-7-9-18(26)24(16-11-19(28)25(30-4)23(12-16)29-3)17-13-21-22(32-15-31-21)14-20(17)33-26/h11-14,18,24,28H,5-10,15H2,1-4H3. The maximum absolute atomic E-state index is 10.8. The van der Waals surface area contributed by atoms with Crippen molar-refractivity contribution in [3.8, 4) is 34.5 Å². The first-order valence-electron chi connectivity index (χ1n) is 11.9. The van der Waals surface area contributed by atoms with Gasteiger partial charge in [-0.25, -0.2) is 0 Å². The monoisotopic (exact) mass is 455 g/mol. The van der Waals surface area contributed by atoms with Gasteiger partial charge in [-0.1, -0.05) is 20.3 Å². The van der Waals surface area contributed by atoms with E-state index in [1.807, 2.05) is 18.2 Å². The number of hydrogen-bond acceptors (Lipinski definition) is 7. The molecule has 1 saturated carbocycles. The first-order chi connectivity index (χ1) is 16.1. The van der Waals surface area contributed by atoms with Crippen LogP contribution in [0, 0.1) is 5.92 Å². The molecule has 1 fully saturated rings. The van der Waals surface area contributed by atoms with Gasteiger partial charge >= 0.3 is 0 Å². The molecular formula is C26H33NO6.